The molecule has 0 aliphatic carbocycles. The van der Waals surface area contributed by atoms with Crippen molar-refractivity contribution in [1.29, 1.82) is 0 Å². The molecule has 0 spiro atoms. The maximum absolute atomic E-state index is 12.6. The molecule has 2 rings (SSSR count). The minimum Gasteiger partial charge on any atom is -0.476 e. The summed E-state index contributed by atoms with van der Waals surface area (Å²) in [6.45, 7) is 7.29. The Kier molecular flexibility index (Phi) is 4.31. The van der Waals surface area contributed by atoms with Gasteiger partial charge in [-0.25, -0.2) is 0 Å². The number of benzene rings is 1. The van der Waals surface area contributed by atoms with Gasteiger partial charge >= 0.3 is 0 Å². The van der Waals surface area contributed by atoms with Crippen LogP contribution in [0.1, 0.15) is 38.1 Å². The number of carbonyl (C=O) groups is 2. The number of anilines is 1. The number of hydrogen-bond donors (Lipinski definition) is 2. The van der Waals surface area contributed by atoms with Crippen LogP contribution in [-0.4, -0.2) is 36.5 Å². The molecule has 0 saturated heterocycles. The van der Waals surface area contributed by atoms with Gasteiger partial charge in [0, 0.05) is 18.7 Å². The van der Waals surface area contributed by atoms with E-state index in [2.05, 4.69) is 10.3 Å². The minimum absolute atomic E-state index is 0.0295. The third-order valence-electron chi connectivity index (χ3n) is 3.58. The molecule has 0 atom stereocenters. The molecule has 0 unspecified atom stereocenters. The quantitative estimate of drug-likeness (QED) is 0.634. The molecule has 23 heavy (non-hydrogen) atoms. The van der Waals surface area contributed by atoms with Crippen LogP contribution in [0.2, 0.25) is 0 Å². The molecule has 7 heteroatoms. The molecule has 0 fully saturated rings. The van der Waals surface area contributed by atoms with Crippen molar-refractivity contribution in [3.05, 3.63) is 23.8 Å². The van der Waals surface area contributed by atoms with Crippen molar-refractivity contribution in [2.45, 2.75) is 39.3 Å². The first-order chi connectivity index (χ1) is 10.7. The summed E-state index contributed by atoms with van der Waals surface area (Å²) in [6.07, 6.45) is 0. The molecule has 3 N–H and O–H groups in total. The van der Waals surface area contributed by atoms with Gasteiger partial charge in [-0.3, -0.25) is 19.9 Å². The van der Waals surface area contributed by atoms with Gasteiger partial charge in [0.15, 0.2) is 11.6 Å². The highest BCUT2D eigenvalue weighted by molar-refractivity contribution is 6.08. The molecule has 1 aromatic rings. The van der Waals surface area contributed by atoms with Gasteiger partial charge in [-0.05, 0) is 45.9 Å². The molecular weight excluding hydrogens is 296 g/mol. The summed E-state index contributed by atoms with van der Waals surface area (Å²) in [5.41, 5.74) is 5.51. The summed E-state index contributed by atoms with van der Waals surface area (Å²) in [5, 5.41) is 2.47. The molecule has 2 amide bonds. The Morgan fingerprint density at radius 3 is 2.61 bits per heavy atom. The molecule has 1 aliphatic heterocycles. The Balaban J connectivity index is 2.46. The van der Waals surface area contributed by atoms with Gasteiger partial charge in [-0.15, -0.1) is 0 Å². The predicted molar refractivity (Wildman–Crippen MR) is 88.8 cm³/mol. The molecule has 0 bridgehead atoms. The van der Waals surface area contributed by atoms with E-state index in [4.69, 9.17) is 10.5 Å². The van der Waals surface area contributed by atoms with Crippen molar-refractivity contribution in [2.75, 3.05) is 11.9 Å². The van der Waals surface area contributed by atoms with Crippen molar-refractivity contribution in [3.63, 3.8) is 0 Å². The average Bonchev–Trinajstić information content (AvgIpc) is 2.47. The molecular formula is C16H22N4O3. The van der Waals surface area contributed by atoms with Gasteiger partial charge in [0.2, 0.25) is 0 Å². The Bertz CT molecular complexity index is 680. The summed E-state index contributed by atoms with van der Waals surface area (Å²) < 4.78 is 5.78. The maximum Gasteiger partial charge on any atom is 0.270 e. The number of hydrogen-bond acceptors (Lipinski definition) is 4. The van der Waals surface area contributed by atoms with E-state index in [1.165, 1.54) is 7.05 Å². The van der Waals surface area contributed by atoms with E-state index >= 15 is 0 Å². The first-order valence-electron chi connectivity index (χ1n) is 7.37. The zero-order valence-corrected chi connectivity index (χ0v) is 14.0. The molecule has 1 heterocycles. The fourth-order valence-electron chi connectivity index (χ4n) is 2.41. The molecule has 1 aliphatic rings. The van der Waals surface area contributed by atoms with E-state index in [1.54, 1.807) is 36.9 Å². The smallest absolute Gasteiger partial charge is 0.270 e. The maximum atomic E-state index is 12.6. The SMILES string of the molecule is CN=C(N)NC(=O)c1ccc2c(c1)N(C(C)C)C(=O)C(C)(C)O2. The van der Waals surface area contributed by atoms with Gasteiger partial charge in [0.25, 0.3) is 11.8 Å². The number of nitrogens with two attached hydrogens (primary N) is 1. The normalized spacial score (nSPS) is 16.9. The van der Waals surface area contributed by atoms with Crippen molar-refractivity contribution < 1.29 is 14.3 Å². The summed E-state index contributed by atoms with van der Waals surface area (Å²) in [7, 11) is 1.48. The van der Waals surface area contributed by atoms with Crippen LogP contribution in [0.5, 0.6) is 5.75 Å². The summed E-state index contributed by atoms with van der Waals surface area (Å²) in [5.74, 6) is 0.0583. The first-order valence-corrected chi connectivity index (χ1v) is 7.37. The van der Waals surface area contributed by atoms with E-state index < -0.39 is 11.5 Å². The van der Waals surface area contributed by atoms with Gasteiger partial charge in [-0.2, -0.15) is 0 Å². The zero-order valence-electron chi connectivity index (χ0n) is 14.0. The number of nitrogens with one attached hydrogen (secondary N) is 1. The van der Waals surface area contributed by atoms with Crippen LogP contribution in [0.15, 0.2) is 23.2 Å². The molecule has 124 valence electrons. The highest BCUT2D eigenvalue weighted by Gasteiger charge is 2.42. The standard InChI is InChI=1S/C16H22N4O3/c1-9(2)20-11-8-10(13(21)19-15(17)18-5)6-7-12(11)23-16(3,4)14(20)22/h6-9H,1-5H3,(H3,17,18,19,21). The second kappa shape index (κ2) is 5.91. The zero-order chi connectivity index (χ0) is 17.4. The van der Waals surface area contributed by atoms with Crippen molar-refractivity contribution in [3.8, 4) is 5.75 Å². The lowest BCUT2D eigenvalue weighted by atomic mass is 10.0. The topological polar surface area (TPSA) is 97.0 Å². The Morgan fingerprint density at radius 2 is 2.04 bits per heavy atom. The van der Waals surface area contributed by atoms with Gasteiger partial charge in [0.1, 0.15) is 5.75 Å². The van der Waals surface area contributed by atoms with Crippen molar-refractivity contribution >= 4 is 23.5 Å². The highest BCUT2D eigenvalue weighted by Crippen LogP contribution is 2.39. The summed E-state index contributed by atoms with van der Waals surface area (Å²) >= 11 is 0. The Labute approximate surface area is 135 Å². The molecule has 1 aromatic carbocycles. The number of rotatable bonds is 2. The molecule has 0 aromatic heterocycles. The monoisotopic (exact) mass is 318 g/mol. The van der Waals surface area contributed by atoms with E-state index in [1.807, 2.05) is 13.8 Å². The van der Waals surface area contributed by atoms with Crippen molar-refractivity contribution in [1.82, 2.24) is 5.32 Å². The Hall–Kier alpha value is -2.57. The lowest BCUT2D eigenvalue weighted by Crippen LogP contribution is -2.54. The first kappa shape index (κ1) is 16.8. The van der Waals surface area contributed by atoms with Crippen LogP contribution in [-0.2, 0) is 4.79 Å². The minimum atomic E-state index is -0.944. The second-order valence-corrected chi connectivity index (χ2v) is 6.13. The largest absolute Gasteiger partial charge is 0.476 e. The van der Waals surface area contributed by atoms with Crippen LogP contribution in [0, 0.1) is 0 Å². The number of fused-ring (bicyclic) bond motifs is 1. The lowest BCUT2D eigenvalue weighted by molar-refractivity contribution is -0.133. The van der Waals surface area contributed by atoms with E-state index in [9.17, 15) is 9.59 Å². The average molecular weight is 318 g/mol. The third kappa shape index (κ3) is 3.13. The lowest BCUT2D eigenvalue weighted by Gasteiger charge is -2.40. The van der Waals surface area contributed by atoms with Crippen LogP contribution in [0.3, 0.4) is 0 Å². The number of amides is 2. The van der Waals surface area contributed by atoms with Crippen LogP contribution >= 0.6 is 0 Å². The fourth-order valence-corrected chi connectivity index (χ4v) is 2.41. The van der Waals surface area contributed by atoms with Gasteiger partial charge in [0.05, 0.1) is 5.69 Å². The van der Waals surface area contributed by atoms with Gasteiger partial charge < -0.3 is 15.4 Å². The molecule has 0 radical (unpaired) electrons. The van der Waals surface area contributed by atoms with Crippen LogP contribution in [0.4, 0.5) is 5.69 Å². The van der Waals surface area contributed by atoms with Crippen LogP contribution in [0.25, 0.3) is 0 Å². The highest BCUT2D eigenvalue weighted by atomic mass is 16.5. The van der Waals surface area contributed by atoms with Gasteiger partial charge in [-0.1, -0.05) is 0 Å². The number of nitrogens with zero attached hydrogens (tertiary/aromatic N) is 2. The number of ether oxygens (including phenoxy) is 1. The van der Waals surface area contributed by atoms with Crippen LogP contribution < -0.4 is 20.7 Å². The molecule has 7 nitrogen and oxygen atoms in total. The summed E-state index contributed by atoms with van der Waals surface area (Å²) in [6, 6.07) is 4.88. The fraction of sp³-hybridized carbons (Fsp3) is 0.438. The molecule has 0 saturated carbocycles. The van der Waals surface area contributed by atoms with Crippen molar-refractivity contribution in [2.24, 2.45) is 10.7 Å². The van der Waals surface area contributed by atoms with E-state index in [0.717, 1.165) is 0 Å². The number of guanidine groups is 1. The van der Waals surface area contributed by atoms with E-state index in [-0.39, 0.29) is 17.9 Å². The second-order valence-electron chi connectivity index (χ2n) is 6.13. The Morgan fingerprint density at radius 1 is 1.39 bits per heavy atom. The number of carbonyl (C=O) groups excluding carboxylic acids is 2. The number of aliphatic imine (C=N–C) groups is 1. The van der Waals surface area contributed by atoms with E-state index in [0.29, 0.717) is 17.0 Å². The summed E-state index contributed by atoms with van der Waals surface area (Å²) in [4.78, 5) is 30.1. The third-order valence-corrected chi connectivity index (χ3v) is 3.58. The predicted octanol–water partition coefficient (Wildman–Crippen LogP) is 1.27.